The van der Waals surface area contributed by atoms with Gasteiger partial charge in [0, 0.05) is 5.56 Å². The van der Waals surface area contributed by atoms with Crippen LogP contribution in [0.1, 0.15) is 26.5 Å². The van der Waals surface area contributed by atoms with Crippen molar-refractivity contribution in [2.24, 2.45) is 5.10 Å². The third-order valence-corrected chi connectivity index (χ3v) is 4.35. The van der Waals surface area contributed by atoms with Gasteiger partial charge in [-0.25, -0.2) is 5.43 Å². The van der Waals surface area contributed by atoms with E-state index in [0.29, 0.717) is 15.7 Å². The predicted octanol–water partition coefficient (Wildman–Crippen LogP) is 2.79. The van der Waals surface area contributed by atoms with Crippen molar-refractivity contribution in [2.45, 2.75) is 13.3 Å². The minimum absolute atomic E-state index is 0.0319. The van der Waals surface area contributed by atoms with Crippen LogP contribution in [0.3, 0.4) is 0 Å². The molecule has 1 aromatic heterocycles. The molecule has 3 aromatic rings. The third-order valence-electron chi connectivity index (χ3n) is 3.52. The Hall–Kier alpha value is -3.39. The molecule has 0 aliphatic carbocycles. The maximum Gasteiger partial charge on any atom is 0.257 e. The highest BCUT2D eigenvalue weighted by molar-refractivity contribution is 7.15. The molecule has 2 aromatic carbocycles. The molecule has 2 amide bonds. The van der Waals surface area contributed by atoms with Crippen molar-refractivity contribution in [1.29, 1.82) is 0 Å². The van der Waals surface area contributed by atoms with Crippen LogP contribution in [0.15, 0.2) is 59.7 Å². The van der Waals surface area contributed by atoms with Gasteiger partial charge in [-0.15, -0.1) is 10.2 Å². The van der Waals surface area contributed by atoms with Crippen molar-refractivity contribution in [3.63, 3.8) is 0 Å². The maximum absolute atomic E-state index is 12.1. The van der Waals surface area contributed by atoms with Gasteiger partial charge in [0.2, 0.25) is 11.0 Å². The first-order valence-corrected chi connectivity index (χ1v) is 8.99. The molecule has 0 fully saturated rings. The molecule has 27 heavy (non-hydrogen) atoms. The standard InChI is InChI=1S/C19H17N5O2S/c1-13-7-9-14(10-8-13)12-20-22-16(25)11-17-23-24-19(27-17)21-18(26)15-5-3-2-4-6-15/h2-10,12H,11H2,1H3,(H,22,25)(H,21,24,26)/b20-12+. The van der Waals surface area contributed by atoms with Gasteiger partial charge < -0.3 is 0 Å². The van der Waals surface area contributed by atoms with Crippen molar-refractivity contribution in [2.75, 3.05) is 5.32 Å². The number of benzene rings is 2. The molecule has 0 aliphatic heterocycles. The molecule has 7 nitrogen and oxygen atoms in total. The van der Waals surface area contributed by atoms with E-state index in [1.54, 1.807) is 30.5 Å². The van der Waals surface area contributed by atoms with Crippen LogP contribution in [-0.4, -0.2) is 28.2 Å². The maximum atomic E-state index is 12.1. The molecule has 0 aliphatic rings. The molecule has 3 rings (SSSR count). The molecule has 8 heteroatoms. The molecule has 1 heterocycles. The number of hydrazone groups is 1. The molecule has 0 unspecified atom stereocenters. The molecule has 0 saturated heterocycles. The SMILES string of the molecule is Cc1ccc(/C=N/NC(=O)Cc2nnc(NC(=O)c3ccccc3)s2)cc1. The lowest BCUT2D eigenvalue weighted by atomic mass is 10.2. The number of rotatable bonds is 6. The summed E-state index contributed by atoms with van der Waals surface area (Å²) < 4.78 is 0. The van der Waals surface area contributed by atoms with E-state index >= 15 is 0 Å². The molecular weight excluding hydrogens is 362 g/mol. The normalized spacial score (nSPS) is 10.7. The summed E-state index contributed by atoms with van der Waals surface area (Å²) in [4.78, 5) is 24.0. The van der Waals surface area contributed by atoms with E-state index < -0.39 is 0 Å². The zero-order valence-corrected chi connectivity index (χ0v) is 15.4. The lowest BCUT2D eigenvalue weighted by Crippen LogP contribution is -2.19. The van der Waals surface area contributed by atoms with Crippen molar-refractivity contribution in [3.05, 3.63) is 76.3 Å². The summed E-state index contributed by atoms with van der Waals surface area (Å²) in [5.41, 5.74) is 5.02. The Morgan fingerprint density at radius 1 is 1.07 bits per heavy atom. The van der Waals surface area contributed by atoms with Gasteiger partial charge in [0.05, 0.1) is 12.6 Å². The van der Waals surface area contributed by atoms with Gasteiger partial charge in [0.25, 0.3) is 5.91 Å². The number of hydrogen-bond donors (Lipinski definition) is 2. The molecule has 0 atom stereocenters. The number of amides is 2. The Morgan fingerprint density at radius 2 is 1.81 bits per heavy atom. The van der Waals surface area contributed by atoms with Crippen LogP contribution in [0.2, 0.25) is 0 Å². The van der Waals surface area contributed by atoms with E-state index in [1.807, 2.05) is 37.3 Å². The first-order valence-electron chi connectivity index (χ1n) is 8.17. The first-order chi connectivity index (χ1) is 13.1. The van der Waals surface area contributed by atoms with Gasteiger partial charge in [-0.05, 0) is 24.6 Å². The predicted molar refractivity (Wildman–Crippen MR) is 105 cm³/mol. The molecule has 0 radical (unpaired) electrons. The largest absolute Gasteiger partial charge is 0.296 e. The fourth-order valence-electron chi connectivity index (χ4n) is 2.14. The molecule has 0 bridgehead atoms. The van der Waals surface area contributed by atoms with Gasteiger partial charge >= 0.3 is 0 Å². The van der Waals surface area contributed by atoms with Crippen LogP contribution in [0.5, 0.6) is 0 Å². The highest BCUT2D eigenvalue weighted by Crippen LogP contribution is 2.16. The van der Waals surface area contributed by atoms with Gasteiger partial charge in [-0.2, -0.15) is 5.10 Å². The smallest absolute Gasteiger partial charge is 0.257 e. The zero-order valence-electron chi connectivity index (χ0n) is 14.5. The number of aromatic nitrogens is 2. The lowest BCUT2D eigenvalue weighted by molar-refractivity contribution is -0.120. The second-order valence-corrected chi connectivity index (χ2v) is 6.76. The summed E-state index contributed by atoms with van der Waals surface area (Å²) in [6.07, 6.45) is 1.60. The summed E-state index contributed by atoms with van der Waals surface area (Å²) in [5.74, 6) is -0.583. The van der Waals surface area contributed by atoms with Gasteiger partial charge in [0.1, 0.15) is 5.01 Å². The van der Waals surface area contributed by atoms with E-state index in [0.717, 1.165) is 22.5 Å². The van der Waals surface area contributed by atoms with Crippen LogP contribution >= 0.6 is 11.3 Å². The number of nitrogens with one attached hydrogen (secondary N) is 2. The van der Waals surface area contributed by atoms with E-state index in [2.05, 4.69) is 26.0 Å². The van der Waals surface area contributed by atoms with E-state index in [4.69, 9.17) is 0 Å². The van der Waals surface area contributed by atoms with Crippen LogP contribution in [0.25, 0.3) is 0 Å². The van der Waals surface area contributed by atoms with E-state index in [1.165, 1.54) is 0 Å². The molecule has 2 N–H and O–H groups in total. The highest BCUT2D eigenvalue weighted by Gasteiger charge is 2.12. The first kappa shape index (κ1) is 18.4. The van der Waals surface area contributed by atoms with Crippen LogP contribution in [-0.2, 0) is 11.2 Å². The van der Waals surface area contributed by atoms with E-state index in [-0.39, 0.29) is 18.2 Å². The highest BCUT2D eigenvalue weighted by atomic mass is 32.1. The number of carbonyl (C=O) groups is 2. The molecule has 0 saturated carbocycles. The second-order valence-electron chi connectivity index (χ2n) is 5.70. The van der Waals surface area contributed by atoms with Crippen LogP contribution < -0.4 is 10.7 Å². The summed E-state index contributed by atoms with van der Waals surface area (Å²) in [6, 6.07) is 16.6. The van der Waals surface area contributed by atoms with Crippen molar-refractivity contribution in [3.8, 4) is 0 Å². The quantitative estimate of drug-likeness (QED) is 0.508. The number of carbonyl (C=O) groups excluding carboxylic acids is 2. The minimum atomic E-state index is -0.310. The fraction of sp³-hybridized carbons (Fsp3) is 0.105. The number of aryl methyl sites for hydroxylation is 1. The molecule has 0 spiro atoms. The van der Waals surface area contributed by atoms with Gasteiger partial charge in [0.15, 0.2) is 0 Å². The average molecular weight is 379 g/mol. The monoisotopic (exact) mass is 379 g/mol. The van der Waals surface area contributed by atoms with Crippen LogP contribution in [0.4, 0.5) is 5.13 Å². The van der Waals surface area contributed by atoms with Crippen molar-refractivity contribution >= 4 is 34.5 Å². The van der Waals surface area contributed by atoms with Crippen molar-refractivity contribution in [1.82, 2.24) is 15.6 Å². The fourth-order valence-corrected chi connectivity index (χ4v) is 2.88. The van der Waals surface area contributed by atoms with Gasteiger partial charge in [-0.1, -0.05) is 59.4 Å². The summed E-state index contributed by atoms with van der Waals surface area (Å²) in [7, 11) is 0. The summed E-state index contributed by atoms with van der Waals surface area (Å²) in [6.45, 7) is 2.00. The van der Waals surface area contributed by atoms with E-state index in [9.17, 15) is 9.59 Å². The topological polar surface area (TPSA) is 96.3 Å². The van der Waals surface area contributed by atoms with Crippen LogP contribution in [0, 0.1) is 6.92 Å². The Kier molecular flexibility index (Phi) is 6.01. The Morgan fingerprint density at radius 3 is 2.56 bits per heavy atom. The summed E-state index contributed by atoms with van der Waals surface area (Å²) >= 11 is 1.15. The Labute approximate surface area is 160 Å². The Balaban J connectivity index is 1.50. The summed E-state index contributed by atoms with van der Waals surface area (Å²) in [5, 5.41) is 15.2. The van der Waals surface area contributed by atoms with Crippen molar-refractivity contribution < 1.29 is 9.59 Å². The zero-order chi connectivity index (χ0) is 19.1. The minimum Gasteiger partial charge on any atom is -0.296 e. The number of nitrogens with zero attached hydrogens (tertiary/aromatic N) is 3. The average Bonchev–Trinajstić information content (AvgIpc) is 3.10. The Bertz CT molecular complexity index is 952. The second kappa shape index (κ2) is 8.81. The third kappa shape index (κ3) is 5.55. The number of hydrogen-bond acceptors (Lipinski definition) is 6. The van der Waals surface area contributed by atoms with Gasteiger partial charge in [-0.3, -0.25) is 14.9 Å². The lowest BCUT2D eigenvalue weighted by Gasteiger charge is -1.99. The number of anilines is 1. The molecular formula is C19H17N5O2S. The molecule has 136 valence electrons.